The van der Waals surface area contributed by atoms with Crippen molar-refractivity contribution in [2.24, 2.45) is 5.92 Å². The van der Waals surface area contributed by atoms with Crippen LogP contribution < -0.4 is 0 Å². The maximum atomic E-state index is 13.0. The number of benzene rings is 1. The van der Waals surface area contributed by atoms with Crippen LogP contribution >= 0.6 is 0 Å². The van der Waals surface area contributed by atoms with Gasteiger partial charge in [-0.05, 0) is 36.8 Å². The summed E-state index contributed by atoms with van der Waals surface area (Å²) in [5, 5.41) is 0. The SMILES string of the molecule is C=C1CN(C(=O)C2CCCCC2)CC2c3ccccc3CCCN12. The number of nitrogens with zero attached hydrogens (tertiary/aromatic N) is 2. The van der Waals surface area contributed by atoms with Gasteiger partial charge >= 0.3 is 0 Å². The van der Waals surface area contributed by atoms with Crippen molar-refractivity contribution >= 4 is 5.91 Å². The lowest BCUT2D eigenvalue weighted by atomic mass is 9.87. The van der Waals surface area contributed by atoms with Crippen LogP contribution in [0.15, 0.2) is 36.5 Å². The van der Waals surface area contributed by atoms with Crippen molar-refractivity contribution in [3.05, 3.63) is 47.7 Å². The molecule has 1 amide bonds. The van der Waals surface area contributed by atoms with Crippen molar-refractivity contribution in [3.8, 4) is 0 Å². The van der Waals surface area contributed by atoms with E-state index in [1.165, 1.54) is 36.8 Å². The third-order valence-electron chi connectivity index (χ3n) is 6.07. The smallest absolute Gasteiger partial charge is 0.226 e. The molecule has 128 valence electrons. The molecule has 1 saturated carbocycles. The van der Waals surface area contributed by atoms with Crippen molar-refractivity contribution in [1.29, 1.82) is 0 Å². The zero-order chi connectivity index (χ0) is 16.5. The molecule has 0 N–H and O–H groups in total. The first kappa shape index (κ1) is 15.7. The van der Waals surface area contributed by atoms with E-state index in [4.69, 9.17) is 0 Å². The van der Waals surface area contributed by atoms with E-state index in [1.54, 1.807) is 0 Å². The molecule has 2 fully saturated rings. The Bertz CT molecular complexity index is 632. The van der Waals surface area contributed by atoms with E-state index in [1.807, 2.05) is 0 Å². The lowest BCUT2D eigenvalue weighted by molar-refractivity contribution is -0.138. The minimum atomic E-state index is 0.249. The number of hydrogen-bond donors (Lipinski definition) is 0. The van der Waals surface area contributed by atoms with E-state index in [-0.39, 0.29) is 12.0 Å². The molecule has 1 atom stereocenters. The lowest BCUT2D eigenvalue weighted by Gasteiger charge is -2.45. The molecular formula is C21H28N2O. The van der Waals surface area contributed by atoms with Crippen LogP contribution in [0.4, 0.5) is 0 Å². The predicted molar refractivity (Wildman–Crippen MR) is 96.5 cm³/mol. The Hall–Kier alpha value is -1.77. The molecule has 4 rings (SSSR count). The van der Waals surface area contributed by atoms with E-state index in [9.17, 15) is 4.79 Å². The maximum absolute atomic E-state index is 13.0. The summed E-state index contributed by atoms with van der Waals surface area (Å²) in [5.41, 5.74) is 3.97. The van der Waals surface area contributed by atoms with E-state index in [0.717, 1.165) is 38.0 Å². The summed E-state index contributed by atoms with van der Waals surface area (Å²) in [6.07, 6.45) is 8.17. The van der Waals surface area contributed by atoms with Gasteiger partial charge in [0.15, 0.2) is 0 Å². The Kier molecular flexibility index (Phi) is 4.34. The fraction of sp³-hybridized carbons (Fsp3) is 0.571. The molecule has 2 aliphatic heterocycles. The second-order valence-corrected chi connectivity index (χ2v) is 7.63. The van der Waals surface area contributed by atoms with Gasteiger partial charge in [-0.15, -0.1) is 0 Å². The molecular weight excluding hydrogens is 296 g/mol. The molecule has 3 heteroatoms. The number of piperazine rings is 1. The highest BCUT2D eigenvalue weighted by Crippen LogP contribution is 2.36. The van der Waals surface area contributed by atoms with Crippen molar-refractivity contribution in [1.82, 2.24) is 9.80 Å². The number of hydrogen-bond acceptors (Lipinski definition) is 2. The van der Waals surface area contributed by atoms with Gasteiger partial charge in [0.2, 0.25) is 5.91 Å². The van der Waals surface area contributed by atoms with E-state index < -0.39 is 0 Å². The Morgan fingerprint density at radius 3 is 2.71 bits per heavy atom. The Balaban J connectivity index is 1.59. The van der Waals surface area contributed by atoms with Crippen molar-refractivity contribution in [2.75, 3.05) is 19.6 Å². The van der Waals surface area contributed by atoms with E-state index in [0.29, 0.717) is 12.5 Å². The summed E-state index contributed by atoms with van der Waals surface area (Å²) < 4.78 is 0. The van der Waals surface area contributed by atoms with Crippen LogP contribution in [0, 0.1) is 5.92 Å². The van der Waals surface area contributed by atoms with Gasteiger partial charge in [0.25, 0.3) is 0 Å². The summed E-state index contributed by atoms with van der Waals surface area (Å²) >= 11 is 0. The summed E-state index contributed by atoms with van der Waals surface area (Å²) in [7, 11) is 0. The van der Waals surface area contributed by atoms with Crippen LogP contribution in [0.2, 0.25) is 0 Å². The minimum Gasteiger partial charge on any atom is -0.365 e. The monoisotopic (exact) mass is 324 g/mol. The van der Waals surface area contributed by atoms with E-state index >= 15 is 0 Å². The predicted octanol–water partition coefficient (Wildman–Crippen LogP) is 3.91. The molecule has 1 saturated heterocycles. The highest BCUT2D eigenvalue weighted by atomic mass is 16.2. The average molecular weight is 324 g/mol. The zero-order valence-corrected chi connectivity index (χ0v) is 14.5. The molecule has 3 nitrogen and oxygen atoms in total. The maximum Gasteiger partial charge on any atom is 0.226 e. The first-order valence-electron chi connectivity index (χ1n) is 9.55. The van der Waals surface area contributed by atoms with Crippen LogP contribution in [0.5, 0.6) is 0 Å². The molecule has 0 bridgehead atoms. The topological polar surface area (TPSA) is 23.6 Å². The van der Waals surface area contributed by atoms with Gasteiger partial charge in [0.05, 0.1) is 12.6 Å². The largest absolute Gasteiger partial charge is 0.365 e. The first-order valence-corrected chi connectivity index (χ1v) is 9.55. The minimum absolute atomic E-state index is 0.249. The second kappa shape index (κ2) is 6.62. The highest BCUT2D eigenvalue weighted by molar-refractivity contribution is 5.79. The molecule has 1 aromatic carbocycles. The highest BCUT2D eigenvalue weighted by Gasteiger charge is 2.36. The molecule has 1 aliphatic carbocycles. The summed E-state index contributed by atoms with van der Waals surface area (Å²) in [6, 6.07) is 9.06. The van der Waals surface area contributed by atoms with Gasteiger partial charge in [0, 0.05) is 24.7 Å². The zero-order valence-electron chi connectivity index (χ0n) is 14.5. The number of aryl methyl sites for hydroxylation is 1. The van der Waals surface area contributed by atoms with Crippen LogP contribution in [0.25, 0.3) is 0 Å². The van der Waals surface area contributed by atoms with Gasteiger partial charge in [0.1, 0.15) is 0 Å². The number of amides is 1. The molecule has 1 aromatic rings. The summed E-state index contributed by atoms with van der Waals surface area (Å²) in [6.45, 7) is 6.92. The van der Waals surface area contributed by atoms with Crippen LogP contribution in [0.3, 0.4) is 0 Å². The molecule has 24 heavy (non-hydrogen) atoms. The molecule has 3 aliphatic rings. The molecule has 2 heterocycles. The Labute approximate surface area is 145 Å². The molecule has 0 spiro atoms. The standard InChI is InChI=1S/C21H28N2O/c1-16-14-22(21(24)18-9-3-2-4-10-18)15-20-19-12-6-5-8-17(19)11-7-13-23(16)20/h5-6,8,12,18,20H,1-4,7,9-11,13-15H2. The Morgan fingerprint density at radius 1 is 1.08 bits per heavy atom. The average Bonchev–Trinajstić information content (AvgIpc) is 2.82. The van der Waals surface area contributed by atoms with Gasteiger partial charge in [-0.1, -0.05) is 50.1 Å². The third kappa shape index (κ3) is 2.85. The van der Waals surface area contributed by atoms with Crippen molar-refractivity contribution in [3.63, 3.8) is 0 Å². The van der Waals surface area contributed by atoms with Gasteiger partial charge in [-0.25, -0.2) is 0 Å². The normalized spacial score (nSPS) is 25.0. The number of carbonyl (C=O) groups excluding carboxylic acids is 1. The van der Waals surface area contributed by atoms with Crippen LogP contribution in [-0.2, 0) is 11.2 Å². The van der Waals surface area contributed by atoms with Crippen molar-refractivity contribution < 1.29 is 4.79 Å². The van der Waals surface area contributed by atoms with Gasteiger partial charge in [-0.3, -0.25) is 4.79 Å². The number of rotatable bonds is 1. The molecule has 0 radical (unpaired) electrons. The quantitative estimate of drug-likeness (QED) is 0.782. The van der Waals surface area contributed by atoms with E-state index in [2.05, 4.69) is 40.6 Å². The summed E-state index contributed by atoms with van der Waals surface area (Å²) in [5.74, 6) is 0.622. The van der Waals surface area contributed by atoms with Gasteiger partial charge < -0.3 is 9.80 Å². The number of fused-ring (bicyclic) bond motifs is 3. The third-order valence-corrected chi connectivity index (χ3v) is 6.07. The van der Waals surface area contributed by atoms with Crippen molar-refractivity contribution in [2.45, 2.75) is 51.0 Å². The Morgan fingerprint density at radius 2 is 1.88 bits per heavy atom. The number of carbonyl (C=O) groups is 1. The van der Waals surface area contributed by atoms with Gasteiger partial charge in [-0.2, -0.15) is 0 Å². The lowest BCUT2D eigenvalue weighted by Crippen LogP contribution is -2.50. The van der Waals surface area contributed by atoms with Crippen LogP contribution in [0.1, 0.15) is 55.7 Å². The summed E-state index contributed by atoms with van der Waals surface area (Å²) in [4.78, 5) is 17.6. The fourth-order valence-corrected chi connectivity index (χ4v) is 4.79. The van der Waals surface area contributed by atoms with Crippen LogP contribution in [-0.4, -0.2) is 35.3 Å². The molecule has 0 aromatic heterocycles. The molecule has 1 unspecified atom stereocenters. The fourth-order valence-electron chi connectivity index (χ4n) is 4.79. The second-order valence-electron chi connectivity index (χ2n) is 7.63. The first-order chi connectivity index (χ1) is 11.7.